The zero-order valence-corrected chi connectivity index (χ0v) is 28.1. The molecule has 1 N–H and O–H groups in total. The highest BCUT2D eigenvalue weighted by Gasteiger charge is 2.35. The second-order valence-electron chi connectivity index (χ2n) is 14.3. The predicted molar refractivity (Wildman–Crippen MR) is 203 cm³/mol. The minimum Gasteiger partial charge on any atom is -0.372 e. The van der Waals surface area contributed by atoms with Crippen LogP contribution in [0.25, 0.3) is 49.4 Å². The van der Waals surface area contributed by atoms with E-state index in [1.165, 1.54) is 67.4 Å². The summed E-state index contributed by atoms with van der Waals surface area (Å²) in [5.74, 6) is 0.563. The lowest BCUT2D eigenvalue weighted by Crippen LogP contribution is -2.17. The van der Waals surface area contributed by atoms with Gasteiger partial charge in [0, 0.05) is 25.9 Å². The Morgan fingerprint density at radius 1 is 0.771 bits per heavy atom. The highest BCUT2D eigenvalue weighted by Crippen LogP contribution is 2.49. The van der Waals surface area contributed by atoms with Crippen molar-refractivity contribution >= 4 is 44.1 Å². The zero-order chi connectivity index (χ0) is 32.0. The van der Waals surface area contributed by atoms with Crippen LogP contribution in [0.3, 0.4) is 0 Å². The van der Waals surface area contributed by atoms with E-state index in [0.717, 1.165) is 28.7 Å². The van der Waals surface area contributed by atoms with E-state index in [-0.39, 0.29) is 11.5 Å². The monoisotopic (exact) mass is 636 g/mol. The van der Waals surface area contributed by atoms with E-state index in [2.05, 4.69) is 147 Å². The number of aromatic nitrogens is 1. The highest BCUT2D eigenvalue weighted by atomic mass is 32.1. The lowest BCUT2D eigenvalue weighted by molar-refractivity contribution is 0.595. The number of pyridine rings is 1. The molecule has 10 rings (SSSR count). The van der Waals surface area contributed by atoms with Gasteiger partial charge in [0.15, 0.2) is 0 Å². The molecule has 7 aromatic rings. The van der Waals surface area contributed by atoms with Crippen LogP contribution in [0.4, 0.5) is 5.69 Å². The lowest BCUT2D eigenvalue weighted by atomic mass is 9.81. The summed E-state index contributed by atoms with van der Waals surface area (Å²) in [4.78, 5) is 6.89. The van der Waals surface area contributed by atoms with Crippen LogP contribution in [0.2, 0.25) is 0 Å². The third-order valence-electron chi connectivity index (χ3n) is 11.3. The molecule has 2 unspecified atom stereocenters. The molecule has 0 saturated carbocycles. The van der Waals surface area contributed by atoms with Crippen LogP contribution in [0.15, 0.2) is 121 Å². The Morgan fingerprint density at radius 3 is 2.48 bits per heavy atom. The number of hydrogen-bond donors (Lipinski definition) is 1. The van der Waals surface area contributed by atoms with Crippen LogP contribution in [0, 0.1) is 0 Å². The first kappa shape index (κ1) is 28.1. The van der Waals surface area contributed by atoms with Gasteiger partial charge in [-0.3, -0.25) is 0 Å². The van der Waals surface area contributed by atoms with Gasteiger partial charge in [-0.1, -0.05) is 129 Å². The van der Waals surface area contributed by atoms with Gasteiger partial charge in [0.2, 0.25) is 0 Å². The summed E-state index contributed by atoms with van der Waals surface area (Å²) in [5, 5.41) is 6.51. The van der Waals surface area contributed by atoms with Crippen LogP contribution in [-0.2, 0) is 18.3 Å². The number of rotatable bonds is 3. The van der Waals surface area contributed by atoms with Gasteiger partial charge in [-0.2, -0.15) is 0 Å². The molecule has 2 aromatic heterocycles. The number of thiophene rings is 1. The maximum absolute atomic E-state index is 5.30. The number of benzene rings is 5. The number of fused-ring (bicyclic) bond motifs is 9. The fourth-order valence-electron chi connectivity index (χ4n) is 8.61. The molecule has 3 heteroatoms. The number of anilines is 1. The fourth-order valence-corrected chi connectivity index (χ4v) is 9.86. The summed E-state index contributed by atoms with van der Waals surface area (Å²) in [6.45, 7) is 4.70. The number of aryl methyl sites for hydroxylation is 1. The van der Waals surface area contributed by atoms with E-state index < -0.39 is 0 Å². The third-order valence-corrected chi connectivity index (χ3v) is 12.5. The van der Waals surface area contributed by atoms with Gasteiger partial charge < -0.3 is 5.32 Å². The molecular weight excluding hydrogens is 601 g/mol. The van der Waals surface area contributed by atoms with E-state index in [1.807, 2.05) is 11.3 Å². The van der Waals surface area contributed by atoms with Gasteiger partial charge in [0.25, 0.3) is 0 Å². The summed E-state index contributed by atoms with van der Waals surface area (Å²) in [6, 6.07) is 42.9. The number of hydrogen-bond acceptors (Lipinski definition) is 3. The molecule has 0 fully saturated rings. The summed E-state index contributed by atoms with van der Waals surface area (Å²) < 4.78 is 1.43. The molecule has 2 nitrogen and oxygen atoms in total. The van der Waals surface area contributed by atoms with Crippen LogP contribution in [-0.4, -0.2) is 4.98 Å². The van der Waals surface area contributed by atoms with Crippen molar-refractivity contribution in [3.05, 3.63) is 160 Å². The van der Waals surface area contributed by atoms with Gasteiger partial charge in [-0.05, 0) is 87.2 Å². The molecule has 0 bridgehead atoms. The first-order chi connectivity index (χ1) is 23.5. The molecule has 232 valence electrons. The quantitative estimate of drug-likeness (QED) is 0.209. The molecule has 3 heterocycles. The topological polar surface area (TPSA) is 24.9 Å². The Bertz CT molecular complexity index is 2450. The normalized spacial score (nSPS) is 18.6. The summed E-state index contributed by atoms with van der Waals surface area (Å²) in [7, 11) is 0. The maximum Gasteiger partial charge on any atom is 0.0947 e. The molecule has 2 aliphatic carbocycles. The van der Waals surface area contributed by atoms with Gasteiger partial charge >= 0.3 is 0 Å². The predicted octanol–water partition coefficient (Wildman–Crippen LogP) is 11.9. The Balaban J connectivity index is 0.947. The molecule has 3 aliphatic rings. The van der Waals surface area contributed by atoms with Crippen molar-refractivity contribution in [1.29, 1.82) is 0 Å². The Hall–Kier alpha value is -4.99. The van der Waals surface area contributed by atoms with E-state index in [9.17, 15) is 0 Å². The van der Waals surface area contributed by atoms with Crippen LogP contribution in [0.5, 0.6) is 0 Å². The SMILES string of the molecule is CC1(C)c2ccccc2-c2ccc(C3C=Cc4ccc5ccc(-c6ccc(C7CCc8sc9ccccc9c8C7)cc6)nc5c4N3)cc21. The molecule has 1 aliphatic heterocycles. The molecular formula is C45H36N2S. The molecule has 0 saturated heterocycles. The van der Waals surface area contributed by atoms with Crippen molar-refractivity contribution < 1.29 is 0 Å². The maximum atomic E-state index is 5.30. The number of nitrogens with zero attached hydrogens (tertiary/aromatic N) is 1. The van der Waals surface area contributed by atoms with Gasteiger partial charge in [0.05, 0.1) is 22.9 Å². The molecule has 0 spiro atoms. The van der Waals surface area contributed by atoms with Crippen LogP contribution < -0.4 is 5.32 Å². The molecule has 2 atom stereocenters. The van der Waals surface area contributed by atoms with E-state index in [1.54, 1.807) is 10.4 Å². The minimum absolute atomic E-state index is 0.0187. The Morgan fingerprint density at radius 2 is 1.56 bits per heavy atom. The van der Waals surface area contributed by atoms with Crippen LogP contribution in [0.1, 0.15) is 70.5 Å². The first-order valence-corrected chi connectivity index (χ1v) is 18.1. The van der Waals surface area contributed by atoms with Crippen molar-refractivity contribution in [3.8, 4) is 22.4 Å². The fraction of sp³-hybridized carbons (Fsp3) is 0.178. The summed E-state index contributed by atoms with van der Waals surface area (Å²) in [6.07, 6.45) is 8.08. The number of nitrogens with one attached hydrogen (secondary N) is 1. The summed E-state index contributed by atoms with van der Waals surface area (Å²) >= 11 is 1.99. The van der Waals surface area contributed by atoms with Gasteiger partial charge in [-0.25, -0.2) is 4.98 Å². The second kappa shape index (κ2) is 10.5. The van der Waals surface area contributed by atoms with Crippen molar-refractivity contribution in [2.75, 3.05) is 5.32 Å². The smallest absolute Gasteiger partial charge is 0.0947 e. The van der Waals surface area contributed by atoms with Crippen molar-refractivity contribution in [2.45, 2.75) is 50.5 Å². The lowest BCUT2D eigenvalue weighted by Gasteiger charge is -2.26. The first-order valence-electron chi connectivity index (χ1n) is 17.2. The van der Waals surface area contributed by atoms with Crippen LogP contribution >= 0.6 is 11.3 Å². The second-order valence-corrected chi connectivity index (χ2v) is 15.5. The zero-order valence-electron chi connectivity index (χ0n) is 27.3. The molecule has 0 radical (unpaired) electrons. The summed E-state index contributed by atoms with van der Waals surface area (Å²) in [5.41, 5.74) is 15.3. The van der Waals surface area contributed by atoms with E-state index >= 15 is 0 Å². The molecule has 0 amide bonds. The Labute approximate surface area is 285 Å². The standard InChI is InChI=1S/C45H36N2S/c1-45(2)37-9-5-3-7-33(37)34-21-17-32(26-38(34)45)40-23-19-30-16-15-29-18-22-39(46-43(29)44(30)47-40)28-13-11-27(12-14-28)31-20-24-42-36(25-31)35-8-4-6-10-41(35)48-42/h3-19,21-23,26,31,40,47H,20,24-25H2,1-2H3. The average Bonchev–Trinajstić information content (AvgIpc) is 3.62. The van der Waals surface area contributed by atoms with Crippen molar-refractivity contribution in [3.63, 3.8) is 0 Å². The van der Waals surface area contributed by atoms with Crippen molar-refractivity contribution in [1.82, 2.24) is 4.98 Å². The minimum atomic E-state index is -0.0187. The van der Waals surface area contributed by atoms with Gasteiger partial charge in [0.1, 0.15) is 0 Å². The van der Waals surface area contributed by atoms with E-state index in [0.29, 0.717) is 5.92 Å². The molecule has 48 heavy (non-hydrogen) atoms. The average molecular weight is 637 g/mol. The van der Waals surface area contributed by atoms with Gasteiger partial charge in [-0.15, -0.1) is 11.3 Å². The highest BCUT2D eigenvalue weighted by molar-refractivity contribution is 7.19. The Kier molecular flexibility index (Phi) is 6.14. The third kappa shape index (κ3) is 4.27. The van der Waals surface area contributed by atoms with E-state index in [4.69, 9.17) is 4.98 Å². The molecule has 5 aromatic carbocycles. The largest absolute Gasteiger partial charge is 0.372 e. The van der Waals surface area contributed by atoms with Crippen molar-refractivity contribution in [2.24, 2.45) is 0 Å².